The van der Waals surface area contributed by atoms with E-state index >= 15 is 0 Å². The van der Waals surface area contributed by atoms with E-state index in [2.05, 4.69) is 26.9 Å². The van der Waals surface area contributed by atoms with E-state index in [1.54, 1.807) is 25.2 Å². The summed E-state index contributed by atoms with van der Waals surface area (Å²) in [6.07, 6.45) is 2.33. The Labute approximate surface area is 172 Å². The topological polar surface area (TPSA) is 75.9 Å². The first-order chi connectivity index (χ1) is 14.4. The van der Waals surface area contributed by atoms with Gasteiger partial charge in [0, 0.05) is 35.9 Å². The number of fused-ring (bicyclic) bond motifs is 1. The van der Waals surface area contributed by atoms with E-state index in [4.69, 9.17) is 5.11 Å². The Balaban J connectivity index is 1.91. The summed E-state index contributed by atoms with van der Waals surface area (Å²) in [6, 6.07) is 9.55. The van der Waals surface area contributed by atoms with Crippen LogP contribution in [0.5, 0.6) is 5.75 Å². The van der Waals surface area contributed by atoms with Crippen LogP contribution in [0.3, 0.4) is 0 Å². The number of pyridine rings is 1. The highest BCUT2D eigenvalue weighted by Crippen LogP contribution is 2.25. The molecule has 6 nitrogen and oxygen atoms in total. The number of alkyl halides is 2. The number of hydrogen-bond acceptors (Lipinski definition) is 4. The van der Waals surface area contributed by atoms with Crippen LogP contribution < -0.4 is 10.1 Å². The van der Waals surface area contributed by atoms with Crippen molar-refractivity contribution in [2.45, 2.75) is 32.4 Å². The summed E-state index contributed by atoms with van der Waals surface area (Å²) in [4.78, 5) is 15.6. The van der Waals surface area contributed by atoms with Gasteiger partial charge in [-0.05, 0) is 32.2 Å². The number of aliphatic carboxylic acids is 1. The van der Waals surface area contributed by atoms with Crippen molar-refractivity contribution >= 4 is 11.6 Å². The summed E-state index contributed by atoms with van der Waals surface area (Å²) in [5.41, 5.74) is 3.63. The number of halogens is 2. The van der Waals surface area contributed by atoms with Crippen molar-refractivity contribution in [3.8, 4) is 17.6 Å². The van der Waals surface area contributed by atoms with Gasteiger partial charge in [-0.3, -0.25) is 4.79 Å². The van der Waals surface area contributed by atoms with Crippen LogP contribution in [0.1, 0.15) is 28.9 Å². The number of benzene rings is 1. The number of aryl methyl sites for hydroxylation is 1. The summed E-state index contributed by atoms with van der Waals surface area (Å²) >= 11 is 0. The molecule has 0 spiro atoms. The van der Waals surface area contributed by atoms with Crippen LogP contribution in [-0.2, 0) is 11.2 Å². The SMILES string of the molecule is CN[C@@H](CC#Cc1ccc2nc(C)c(Cc3ccccc3OC(F)F)n2c1)C(=O)O. The second kappa shape index (κ2) is 9.37. The number of carboxylic acids is 1. The molecule has 0 aliphatic heterocycles. The number of rotatable bonds is 7. The Morgan fingerprint density at radius 1 is 1.30 bits per heavy atom. The number of carboxylic acid groups (broad SMARTS) is 1. The maximum absolute atomic E-state index is 12.7. The molecule has 30 heavy (non-hydrogen) atoms. The molecule has 2 aromatic heterocycles. The van der Waals surface area contributed by atoms with Gasteiger partial charge in [-0.2, -0.15) is 8.78 Å². The summed E-state index contributed by atoms with van der Waals surface area (Å²) in [5.74, 6) is 5.01. The minimum absolute atomic E-state index is 0.129. The number of para-hydroxylation sites is 1. The maximum Gasteiger partial charge on any atom is 0.387 e. The fourth-order valence-electron chi connectivity index (χ4n) is 3.11. The highest BCUT2D eigenvalue weighted by molar-refractivity contribution is 5.73. The van der Waals surface area contributed by atoms with E-state index in [1.807, 2.05) is 29.7 Å². The normalized spacial score (nSPS) is 11.9. The molecular formula is C22H21F2N3O3. The number of ether oxygens (including phenoxy) is 1. The van der Waals surface area contributed by atoms with Gasteiger partial charge in [0.15, 0.2) is 0 Å². The number of nitrogens with zero attached hydrogens (tertiary/aromatic N) is 2. The van der Waals surface area contributed by atoms with E-state index in [9.17, 15) is 13.6 Å². The molecular weight excluding hydrogens is 392 g/mol. The minimum Gasteiger partial charge on any atom is -0.480 e. The highest BCUT2D eigenvalue weighted by Gasteiger charge is 2.15. The molecule has 3 rings (SSSR count). The second-order valence-corrected chi connectivity index (χ2v) is 6.64. The predicted octanol–water partition coefficient (Wildman–Crippen LogP) is 3.25. The van der Waals surface area contributed by atoms with E-state index in [0.29, 0.717) is 23.2 Å². The molecule has 1 aromatic carbocycles. The number of carbonyl (C=O) groups is 1. The molecule has 0 aliphatic rings. The molecule has 0 bridgehead atoms. The van der Waals surface area contributed by atoms with Crippen molar-refractivity contribution in [2.75, 3.05) is 7.05 Å². The molecule has 1 atom stereocenters. The fraction of sp³-hybridized carbons (Fsp3) is 0.273. The maximum atomic E-state index is 12.7. The van der Waals surface area contributed by atoms with Crippen LogP contribution in [0.25, 0.3) is 5.65 Å². The first-order valence-corrected chi connectivity index (χ1v) is 9.28. The van der Waals surface area contributed by atoms with Gasteiger partial charge in [0.1, 0.15) is 17.4 Å². The first-order valence-electron chi connectivity index (χ1n) is 9.28. The molecule has 2 N–H and O–H groups in total. The van der Waals surface area contributed by atoms with Gasteiger partial charge in [-0.25, -0.2) is 4.98 Å². The molecule has 0 radical (unpaired) electrons. The van der Waals surface area contributed by atoms with Crippen molar-refractivity contribution in [1.82, 2.24) is 14.7 Å². The monoisotopic (exact) mass is 413 g/mol. The number of nitrogens with one attached hydrogen (secondary N) is 1. The van der Waals surface area contributed by atoms with Crippen molar-refractivity contribution in [1.29, 1.82) is 0 Å². The Hall–Kier alpha value is -3.44. The molecule has 156 valence electrons. The lowest BCUT2D eigenvalue weighted by atomic mass is 10.1. The summed E-state index contributed by atoms with van der Waals surface area (Å²) < 4.78 is 31.9. The van der Waals surface area contributed by atoms with Crippen LogP contribution >= 0.6 is 0 Å². The van der Waals surface area contributed by atoms with Crippen LogP contribution in [0, 0.1) is 18.8 Å². The van der Waals surface area contributed by atoms with E-state index in [1.165, 1.54) is 6.07 Å². The third-order valence-electron chi connectivity index (χ3n) is 4.65. The van der Waals surface area contributed by atoms with Gasteiger partial charge in [0.25, 0.3) is 0 Å². The Kier molecular flexibility index (Phi) is 6.65. The van der Waals surface area contributed by atoms with Crippen molar-refractivity contribution in [3.05, 3.63) is 65.1 Å². The number of likely N-dealkylation sites (N-methyl/N-ethyl adjacent to an activating group) is 1. The largest absolute Gasteiger partial charge is 0.480 e. The molecule has 8 heteroatoms. The number of hydrogen-bond donors (Lipinski definition) is 2. The molecule has 0 saturated carbocycles. The molecule has 0 saturated heterocycles. The van der Waals surface area contributed by atoms with E-state index in [-0.39, 0.29) is 12.2 Å². The molecule has 2 heterocycles. The summed E-state index contributed by atoms with van der Waals surface area (Å²) in [5, 5.41) is 11.8. The molecule has 0 amide bonds. The fourth-order valence-corrected chi connectivity index (χ4v) is 3.11. The number of imidazole rings is 1. The van der Waals surface area contributed by atoms with Gasteiger partial charge in [0.2, 0.25) is 0 Å². The predicted molar refractivity (Wildman–Crippen MR) is 108 cm³/mol. The van der Waals surface area contributed by atoms with Crippen LogP contribution in [0.2, 0.25) is 0 Å². The lowest BCUT2D eigenvalue weighted by Crippen LogP contribution is -2.33. The zero-order valence-corrected chi connectivity index (χ0v) is 16.5. The lowest BCUT2D eigenvalue weighted by molar-refractivity contribution is -0.139. The van der Waals surface area contributed by atoms with Crippen molar-refractivity contribution < 1.29 is 23.4 Å². The zero-order valence-electron chi connectivity index (χ0n) is 16.5. The Bertz CT molecular complexity index is 1120. The van der Waals surface area contributed by atoms with Crippen LogP contribution in [0.15, 0.2) is 42.6 Å². The van der Waals surface area contributed by atoms with Gasteiger partial charge < -0.3 is 19.6 Å². The van der Waals surface area contributed by atoms with Crippen LogP contribution in [-0.4, -0.2) is 40.2 Å². The van der Waals surface area contributed by atoms with Gasteiger partial charge in [-0.15, -0.1) is 0 Å². The van der Waals surface area contributed by atoms with E-state index < -0.39 is 18.6 Å². The smallest absolute Gasteiger partial charge is 0.387 e. The van der Waals surface area contributed by atoms with Gasteiger partial charge in [-0.1, -0.05) is 30.0 Å². The standard InChI is InChI=1S/C22H21F2N3O3/c1-14-18(12-16-7-3-4-9-19(16)30-22(23)24)27-13-15(10-11-20(27)26-14)6-5-8-17(25-2)21(28)29/h3-4,7,9-11,13,17,22,25H,8,12H2,1-2H3,(H,28,29)/t17-/m0/s1. The Morgan fingerprint density at radius 3 is 2.77 bits per heavy atom. The Morgan fingerprint density at radius 2 is 2.07 bits per heavy atom. The molecule has 3 aromatic rings. The lowest BCUT2D eigenvalue weighted by Gasteiger charge is -2.11. The third kappa shape index (κ3) is 4.93. The summed E-state index contributed by atoms with van der Waals surface area (Å²) in [6.45, 7) is -1.04. The third-order valence-corrected chi connectivity index (χ3v) is 4.65. The minimum atomic E-state index is -2.90. The van der Waals surface area contributed by atoms with Crippen molar-refractivity contribution in [2.24, 2.45) is 0 Å². The van der Waals surface area contributed by atoms with Crippen LogP contribution in [0.4, 0.5) is 8.78 Å². The average Bonchev–Trinajstić information content (AvgIpc) is 3.01. The molecule has 0 unspecified atom stereocenters. The quantitative estimate of drug-likeness (QED) is 0.582. The van der Waals surface area contributed by atoms with E-state index in [0.717, 1.165) is 11.4 Å². The number of aromatic nitrogens is 2. The summed E-state index contributed by atoms with van der Waals surface area (Å²) in [7, 11) is 1.57. The van der Waals surface area contributed by atoms with Gasteiger partial charge in [0.05, 0.1) is 5.69 Å². The highest BCUT2D eigenvalue weighted by atomic mass is 19.3. The van der Waals surface area contributed by atoms with Crippen molar-refractivity contribution in [3.63, 3.8) is 0 Å². The molecule has 0 aliphatic carbocycles. The molecule has 0 fully saturated rings. The first kappa shape index (κ1) is 21.3. The average molecular weight is 413 g/mol. The second-order valence-electron chi connectivity index (χ2n) is 6.64. The van der Waals surface area contributed by atoms with Gasteiger partial charge >= 0.3 is 12.6 Å². The zero-order chi connectivity index (χ0) is 21.7.